The van der Waals surface area contributed by atoms with Crippen LogP contribution in [-0.4, -0.2) is 17.4 Å². The average Bonchev–Trinajstić information content (AvgIpc) is 2.30. The van der Waals surface area contributed by atoms with E-state index in [1.165, 1.54) is 19.3 Å². The van der Waals surface area contributed by atoms with Gasteiger partial charge in [-0.05, 0) is 49.1 Å². The zero-order chi connectivity index (χ0) is 12.3. The van der Waals surface area contributed by atoms with Crippen molar-refractivity contribution in [1.29, 1.82) is 0 Å². The lowest BCUT2D eigenvalue weighted by atomic mass is 10.2. The van der Waals surface area contributed by atoms with Gasteiger partial charge in [0.2, 0.25) is 0 Å². The Labute approximate surface area is 103 Å². The molecule has 0 aliphatic carbocycles. The van der Waals surface area contributed by atoms with Gasteiger partial charge in [0.15, 0.2) is 0 Å². The highest BCUT2D eigenvalue weighted by Crippen LogP contribution is 2.32. The van der Waals surface area contributed by atoms with Gasteiger partial charge < -0.3 is 0 Å². The van der Waals surface area contributed by atoms with Gasteiger partial charge in [-0.3, -0.25) is 0 Å². The van der Waals surface area contributed by atoms with Crippen molar-refractivity contribution in [2.75, 3.05) is 13.1 Å². The Balaban J connectivity index is 1.98. The molecular weight excluding hydrogens is 247 g/mol. The van der Waals surface area contributed by atoms with E-state index in [1.54, 1.807) is 24.1 Å². The Morgan fingerprint density at radius 1 is 0.941 bits per heavy atom. The molecule has 0 aromatic heterocycles. The second-order valence-electron chi connectivity index (χ2n) is 4.10. The van der Waals surface area contributed by atoms with Crippen LogP contribution in [0, 0.1) is 0 Å². The standard InChI is InChI=1S/C12H14F3NS/c13-12(14,15)10-4-6-11(7-5-10)17-16-8-2-1-3-9-16/h4-7H,1-3,8-9H2. The average molecular weight is 261 g/mol. The van der Waals surface area contributed by atoms with Crippen molar-refractivity contribution in [3.63, 3.8) is 0 Å². The fourth-order valence-electron chi connectivity index (χ4n) is 1.81. The summed E-state index contributed by atoms with van der Waals surface area (Å²) in [7, 11) is 0. The predicted molar refractivity (Wildman–Crippen MR) is 62.7 cm³/mol. The van der Waals surface area contributed by atoms with Crippen LogP contribution in [-0.2, 0) is 6.18 Å². The summed E-state index contributed by atoms with van der Waals surface area (Å²) in [5.74, 6) is 0. The van der Waals surface area contributed by atoms with E-state index in [0.717, 1.165) is 30.1 Å². The van der Waals surface area contributed by atoms with Gasteiger partial charge in [0, 0.05) is 18.0 Å². The number of benzene rings is 1. The van der Waals surface area contributed by atoms with Crippen molar-refractivity contribution in [3.05, 3.63) is 29.8 Å². The summed E-state index contributed by atoms with van der Waals surface area (Å²) in [5, 5.41) is 0. The number of piperidine rings is 1. The molecule has 0 spiro atoms. The van der Waals surface area contributed by atoms with Crippen molar-refractivity contribution < 1.29 is 13.2 Å². The van der Waals surface area contributed by atoms with E-state index < -0.39 is 11.7 Å². The van der Waals surface area contributed by atoms with Crippen LogP contribution >= 0.6 is 11.9 Å². The largest absolute Gasteiger partial charge is 0.416 e. The SMILES string of the molecule is FC(F)(F)c1ccc(SN2CCCCC2)cc1. The zero-order valence-electron chi connectivity index (χ0n) is 9.33. The fourth-order valence-corrected chi connectivity index (χ4v) is 2.81. The minimum absolute atomic E-state index is 0.583. The van der Waals surface area contributed by atoms with Crippen LogP contribution in [0.3, 0.4) is 0 Å². The van der Waals surface area contributed by atoms with Gasteiger partial charge in [0.25, 0.3) is 0 Å². The maximum Gasteiger partial charge on any atom is 0.416 e. The molecule has 1 heterocycles. The highest BCUT2D eigenvalue weighted by atomic mass is 32.2. The Morgan fingerprint density at radius 2 is 1.53 bits per heavy atom. The lowest BCUT2D eigenvalue weighted by Gasteiger charge is -2.25. The Morgan fingerprint density at radius 3 is 2.06 bits per heavy atom. The van der Waals surface area contributed by atoms with Crippen molar-refractivity contribution in [3.8, 4) is 0 Å². The van der Waals surface area contributed by atoms with Crippen molar-refractivity contribution in [2.24, 2.45) is 0 Å². The first-order valence-electron chi connectivity index (χ1n) is 5.66. The van der Waals surface area contributed by atoms with Gasteiger partial charge in [-0.1, -0.05) is 6.42 Å². The monoisotopic (exact) mass is 261 g/mol. The van der Waals surface area contributed by atoms with Gasteiger partial charge in [0.05, 0.1) is 5.56 Å². The van der Waals surface area contributed by atoms with Gasteiger partial charge in [0.1, 0.15) is 0 Å². The van der Waals surface area contributed by atoms with Crippen LogP contribution in [0.2, 0.25) is 0 Å². The van der Waals surface area contributed by atoms with Crippen LogP contribution in [0.4, 0.5) is 13.2 Å². The second kappa shape index (κ2) is 5.31. The Bertz CT molecular complexity index is 355. The van der Waals surface area contributed by atoms with Gasteiger partial charge >= 0.3 is 6.18 Å². The van der Waals surface area contributed by atoms with E-state index in [0.29, 0.717) is 0 Å². The van der Waals surface area contributed by atoms with Gasteiger partial charge in [-0.15, -0.1) is 0 Å². The lowest BCUT2D eigenvalue weighted by molar-refractivity contribution is -0.137. The van der Waals surface area contributed by atoms with E-state index in [-0.39, 0.29) is 0 Å². The molecule has 0 amide bonds. The fraction of sp³-hybridized carbons (Fsp3) is 0.500. The van der Waals surface area contributed by atoms with Crippen LogP contribution in [0.5, 0.6) is 0 Å². The molecule has 1 nitrogen and oxygen atoms in total. The second-order valence-corrected chi connectivity index (χ2v) is 5.27. The third kappa shape index (κ3) is 3.64. The van der Waals surface area contributed by atoms with Crippen LogP contribution in [0.1, 0.15) is 24.8 Å². The maximum atomic E-state index is 12.4. The number of halogens is 3. The lowest BCUT2D eigenvalue weighted by Crippen LogP contribution is -2.22. The molecule has 0 unspecified atom stereocenters. The molecule has 1 aliphatic heterocycles. The molecule has 5 heteroatoms. The third-order valence-corrected chi connectivity index (χ3v) is 3.84. The molecule has 1 aliphatic rings. The van der Waals surface area contributed by atoms with Crippen LogP contribution < -0.4 is 0 Å². The molecule has 94 valence electrons. The summed E-state index contributed by atoms with van der Waals surface area (Å²) in [6.45, 7) is 2.04. The number of hydrogen-bond acceptors (Lipinski definition) is 2. The molecule has 0 bridgehead atoms. The molecule has 0 saturated carbocycles. The molecular formula is C12H14F3NS. The van der Waals surface area contributed by atoms with E-state index >= 15 is 0 Å². The highest BCUT2D eigenvalue weighted by Gasteiger charge is 2.30. The number of rotatable bonds is 2. The summed E-state index contributed by atoms with van der Waals surface area (Å²) < 4.78 is 39.3. The number of nitrogens with zero attached hydrogens (tertiary/aromatic N) is 1. The Hall–Kier alpha value is -0.680. The minimum atomic E-state index is -4.24. The summed E-state index contributed by atoms with van der Waals surface area (Å²) in [5.41, 5.74) is -0.583. The molecule has 0 atom stereocenters. The molecule has 1 fully saturated rings. The van der Waals surface area contributed by atoms with E-state index in [4.69, 9.17) is 0 Å². The van der Waals surface area contributed by atoms with Crippen LogP contribution in [0.25, 0.3) is 0 Å². The smallest absolute Gasteiger partial charge is 0.246 e. The summed E-state index contributed by atoms with van der Waals surface area (Å²) in [4.78, 5) is 0.875. The molecule has 0 N–H and O–H groups in total. The van der Waals surface area contributed by atoms with E-state index in [9.17, 15) is 13.2 Å². The van der Waals surface area contributed by atoms with Crippen molar-refractivity contribution in [2.45, 2.75) is 30.3 Å². The van der Waals surface area contributed by atoms with E-state index in [2.05, 4.69) is 4.31 Å². The van der Waals surface area contributed by atoms with Crippen LogP contribution in [0.15, 0.2) is 29.2 Å². The van der Waals surface area contributed by atoms with Crippen molar-refractivity contribution >= 4 is 11.9 Å². The molecule has 1 aromatic carbocycles. The van der Waals surface area contributed by atoms with E-state index in [1.807, 2.05) is 0 Å². The van der Waals surface area contributed by atoms with Gasteiger partial charge in [-0.25, -0.2) is 4.31 Å². The topological polar surface area (TPSA) is 3.24 Å². The minimum Gasteiger partial charge on any atom is -0.246 e. The highest BCUT2D eigenvalue weighted by molar-refractivity contribution is 7.97. The quantitative estimate of drug-likeness (QED) is 0.734. The Kier molecular flexibility index (Phi) is 3.99. The molecule has 1 aromatic rings. The first-order chi connectivity index (χ1) is 8.05. The summed E-state index contributed by atoms with van der Waals surface area (Å²) in [6.07, 6.45) is -0.639. The maximum absolute atomic E-state index is 12.4. The summed E-state index contributed by atoms with van der Waals surface area (Å²) in [6, 6.07) is 5.38. The molecule has 2 rings (SSSR count). The third-order valence-electron chi connectivity index (χ3n) is 2.73. The first kappa shape index (κ1) is 12.8. The molecule has 17 heavy (non-hydrogen) atoms. The number of alkyl halides is 3. The normalized spacial score (nSPS) is 18.3. The molecule has 1 saturated heterocycles. The predicted octanol–water partition coefficient (Wildman–Crippen LogP) is 4.20. The van der Waals surface area contributed by atoms with Gasteiger partial charge in [-0.2, -0.15) is 13.2 Å². The first-order valence-corrected chi connectivity index (χ1v) is 6.43. The zero-order valence-corrected chi connectivity index (χ0v) is 10.2. The van der Waals surface area contributed by atoms with Crippen molar-refractivity contribution in [1.82, 2.24) is 4.31 Å². The molecule has 0 radical (unpaired) electrons. The number of hydrogen-bond donors (Lipinski definition) is 0. The summed E-state index contributed by atoms with van der Waals surface area (Å²) >= 11 is 1.55.